The molecule has 0 unspecified atom stereocenters. The molecule has 0 aliphatic carbocycles. The third kappa shape index (κ3) is 4.51. The van der Waals surface area contributed by atoms with Gasteiger partial charge in [-0.25, -0.2) is 8.42 Å². The molecule has 1 rings (SSSR count). The van der Waals surface area contributed by atoms with Crippen molar-refractivity contribution in [1.82, 2.24) is 4.90 Å². The van der Waals surface area contributed by atoms with Crippen LogP contribution in [0, 0.1) is 0 Å². The number of carbonyl (C=O) groups excluding carboxylic acids is 1. The second kappa shape index (κ2) is 7.69. The monoisotopic (exact) mass is 348 g/mol. The van der Waals surface area contributed by atoms with Crippen LogP contribution in [0.1, 0.15) is 13.8 Å². The van der Waals surface area contributed by atoms with E-state index in [2.05, 4.69) is 0 Å². The summed E-state index contributed by atoms with van der Waals surface area (Å²) in [6, 6.07) is 4.59. The zero-order valence-electron chi connectivity index (χ0n) is 13.2. The lowest BCUT2D eigenvalue weighted by Gasteiger charge is -2.26. The van der Waals surface area contributed by atoms with Gasteiger partial charge in [-0.15, -0.1) is 0 Å². The summed E-state index contributed by atoms with van der Waals surface area (Å²) in [7, 11) is -2.14. The number of likely N-dealkylation sites (N-methyl/N-ethyl adjacent to an activating group) is 1. The quantitative estimate of drug-likeness (QED) is 0.755. The highest BCUT2D eigenvalue weighted by atomic mass is 35.5. The van der Waals surface area contributed by atoms with E-state index in [1.165, 1.54) is 13.2 Å². The molecule has 0 N–H and O–H groups in total. The molecule has 124 valence electrons. The number of hydrogen-bond acceptors (Lipinski definition) is 4. The van der Waals surface area contributed by atoms with E-state index in [1.807, 2.05) is 13.8 Å². The molecule has 0 spiro atoms. The number of hydrogen-bond donors (Lipinski definition) is 0. The molecule has 0 heterocycles. The molecule has 0 aliphatic rings. The minimum Gasteiger partial charge on any atom is -0.495 e. The van der Waals surface area contributed by atoms with Crippen molar-refractivity contribution in [1.29, 1.82) is 0 Å². The van der Waals surface area contributed by atoms with Crippen molar-refractivity contribution in [3.63, 3.8) is 0 Å². The van der Waals surface area contributed by atoms with Gasteiger partial charge in [0.25, 0.3) is 0 Å². The number of ether oxygens (including phenoxy) is 1. The Hall–Kier alpha value is -1.47. The molecule has 0 bridgehead atoms. The number of sulfonamides is 1. The summed E-state index contributed by atoms with van der Waals surface area (Å²) < 4.78 is 30.1. The van der Waals surface area contributed by atoms with E-state index in [1.54, 1.807) is 17.0 Å². The second-order valence-corrected chi connectivity index (χ2v) is 6.97. The lowest BCUT2D eigenvalue weighted by molar-refractivity contribution is -0.129. The Morgan fingerprint density at radius 1 is 1.27 bits per heavy atom. The third-order valence-electron chi connectivity index (χ3n) is 3.22. The summed E-state index contributed by atoms with van der Waals surface area (Å²) in [6.07, 6.45) is 1.06. The van der Waals surface area contributed by atoms with Gasteiger partial charge in [-0.3, -0.25) is 9.10 Å². The average molecular weight is 349 g/mol. The van der Waals surface area contributed by atoms with E-state index in [0.717, 1.165) is 10.6 Å². The van der Waals surface area contributed by atoms with E-state index in [0.29, 0.717) is 24.5 Å². The Labute approximate surface area is 136 Å². The molecular formula is C14H21ClN2O4S. The van der Waals surface area contributed by atoms with Crippen LogP contribution in [-0.4, -0.2) is 52.2 Å². The van der Waals surface area contributed by atoms with E-state index in [9.17, 15) is 13.2 Å². The summed E-state index contributed by atoms with van der Waals surface area (Å²) in [5, 5.41) is 0.281. The fourth-order valence-electron chi connectivity index (χ4n) is 2.01. The molecule has 0 saturated heterocycles. The molecule has 1 aromatic carbocycles. The number of rotatable bonds is 7. The number of halogens is 1. The van der Waals surface area contributed by atoms with Crippen LogP contribution in [0.3, 0.4) is 0 Å². The molecule has 0 aliphatic heterocycles. The largest absolute Gasteiger partial charge is 0.495 e. The molecule has 0 atom stereocenters. The van der Waals surface area contributed by atoms with Gasteiger partial charge in [0.2, 0.25) is 15.9 Å². The highest BCUT2D eigenvalue weighted by molar-refractivity contribution is 7.92. The summed E-state index contributed by atoms with van der Waals surface area (Å²) in [5.41, 5.74) is 0.328. The Morgan fingerprint density at radius 2 is 1.86 bits per heavy atom. The van der Waals surface area contributed by atoms with Crippen LogP contribution in [0.25, 0.3) is 0 Å². The van der Waals surface area contributed by atoms with Gasteiger partial charge < -0.3 is 9.64 Å². The zero-order chi connectivity index (χ0) is 16.9. The van der Waals surface area contributed by atoms with Gasteiger partial charge in [-0.1, -0.05) is 11.6 Å². The SMILES string of the molecule is CCN(CC)C(=O)CN(c1ccc(OC)c(Cl)c1)S(C)(=O)=O. The maximum atomic E-state index is 12.2. The van der Waals surface area contributed by atoms with Gasteiger partial charge >= 0.3 is 0 Å². The Morgan fingerprint density at radius 3 is 2.27 bits per heavy atom. The van der Waals surface area contributed by atoms with Crippen molar-refractivity contribution in [2.24, 2.45) is 0 Å². The fourth-order valence-corrected chi connectivity index (χ4v) is 3.10. The first-order valence-corrected chi connectivity index (χ1v) is 9.06. The number of anilines is 1. The summed E-state index contributed by atoms with van der Waals surface area (Å²) >= 11 is 6.04. The van der Waals surface area contributed by atoms with Gasteiger partial charge in [0, 0.05) is 13.1 Å². The molecule has 0 fully saturated rings. The second-order valence-electron chi connectivity index (χ2n) is 4.65. The van der Waals surface area contributed by atoms with Crippen LogP contribution in [0.5, 0.6) is 5.75 Å². The van der Waals surface area contributed by atoms with Gasteiger partial charge in [-0.2, -0.15) is 0 Å². The lowest BCUT2D eigenvalue weighted by Crippen LogP contribution is -2.42. The predicted octanol–water partition coefficient (Wildman–Crippen LogP) is 1.98. The van der Waals surface area contributed by atoms with Crippen molar-refractivity contribution in [2.45, 2.75) is 13.8 Å². The Bertz CT molecular complexity index is 630. The van der Waals surface area contributed by atoms with Crippen molar-refractivity contribution in [3.05, 3.63) is 23.2 Å². The number of methoxy groups -OCH3 is 1. The highest BCUT2D eigenvalue weighted by Crippen LogP contribution is 2.30. The Balaban J connectivity index is 3.15. The highest BCUT2D eigenvalue weighted by Gasteiger charge is 2.23. The fraction of sp³-hybridized carbons (Fsp3) is 0.500. The molecule has 1 aromatic rings. The molecule has 1 amide bonds. The van der Waals surface area contributed by atoms with Gasteiger partial charge in [0.15, 0.2) is 0 Å². The van der Waals surface area contributed by atoms with Crippen LogP contribution in [-0.2, 0) is 14.8 Å². The maximum Gasteiger partial charge on any atom is 0.243 e. The predicted molar refractivity (Wildman–Crippen MR) is 88.1 cm³/mol. The average Bonchev–Trinajstić information content (AvgIpc) is 2.44. The molecular weight excluding hydrogens is 328 g/mol. The number of carbonyl (C=O) groups is 1. The van der Waals surface area contributed by atoms with Crippen LogP contribution in [0.2, 0.25) is 5.02 Å². The topological polar surface area (TPSA) is 66.9 Å². The normalized spacial score (nSPS) is 11.1. The van der Waals surface area contributed by atoms with Crippen LogP contribution in [0.15, 0.2) is 18.2 Å². The van der Waals surface area contributed by atoms with Crippen LogP contribution in [0.4, 0.5) is 5.69 Å². The first kappa shape index (κ1) is 18.6. The van der Waals surface area contributed by atoms with Crippen molar-refractivity contribution in [2.75, 3.05) is 37.3 Å². The first-order chi connectivity index (χ1) is 10.2. The van der Waals surface area contributed by atoms with Crippen molar-refractivity contribution < 1.29 is 17.9 Å². The maximum absolute atomic E-state index is 12.2. The molecule has 0 aromatic heterocycles. The first-order valence-electron chi connectivity index (χ1n) is 6.83. The van der Waals surface area contributed by atoms with Gasteiger partial charge in [-0.05, 0) is 32.0 Å². The van der Waals surface area contributed by atoms with E-state index in [4.69, 9.17) is 16.3 Å². The Kier molecular flexibility index (Phi) is 6.49. The lowest BCUT2D eigenvalue weighted by atomic mass is 10.3. The number of amides is 1. The minimum atomic E-state index is -3.61. The van der Waals surface area contributed by atoms with Crippen molar-refractivity contribution >= 4 is 33.2 Å². The minimum absolute atomic E-state index is 0.261. The summed E-state index contributed by atoms with van der Waals surface area (Å²) in [4.78, 5) is 13.8. The van der Waals surface area contributed by atoms with E-state index in [-0.39, 0.29) is 17.5 Å². The number of benzene rings is 1. The van der Waals surface area contributed by atoms with E-state index < -0.39 is 10.0 Å². The molecule has 0 saturated carbocycles. The van der Waals surface area contributed by atoms with Gasteiger partial charge in [0.05, 0.1) is 24.1 Å². The third-order valence-corrected chi connectivity index (χ3v) is 4.65. The molecule has 22 heavy (non-hydrogen) atoms. The molecule has 6 nitrogen and oxygen atoms in total. The molecule has 0 radical (unpaired) electrons. The zero-order valence-corrected chi connectivity index (χ0v) is 14.7. The molecule has 8 heteroatoms. The van der Waals surface area contributed by atoms with E-state index >= 15 is 0 Å². The summed E-state index contributed by atoms with van der Waals surface area (Å²) in [6.45, 7) is 4.47. The standard InChI is InChI=1S/C14H21ClN2O4S/c1-5-16(6-2)14(18)10-17(22(4,19)20)11-7-8-13(21-3)12(15)9-11/h7-9H,5-6,10H2,1-4H3. The van der Waals surface area contributed by atoms with Crippen molar-refractivity contribution in [3.8, 4) is 5.75 Å². The van der Waals surface area contributed by atoms with Crippen LogP contribution < -0.4 is 9.04 Å². The number of nitrogens with zero attached hydrogens (tertiary/aromatic N) is 2. The van der Waals surface area contributed by atoms with Crippen LogP contribution >= 0.6 is 11.6 Å². The summed E-state index contributed by atoms with van der Waals surface area (Å²) in [5.74, 6) is 0.177. The smallest absolute Gasteiger partial charge is 0.243 e. The van der Waals surface area contributed by atoms with Gasteiger partial charge in [0.1, 0.15) is 12.3 Å².